The van der Waals surface area contributed by atoms with Crippen LogP contribution in [0.5, 0.6) is 5.75 Å². The number of aryl methyl sites for hydroxylation is 1. The van der Waals surface area contributed by atoms with Crippen LogP contribution in [0.25, 0.3) is 0 Å². The van der Waals surface area contributed by atoms with Gasteiger partial charge in [0.2, 0.25) is 11.5 Å². The van der Waals surface area contributed by atoms with Crippen molar-refractivity contribution in [1.29, 1.82) is 0 Å². The molecule has 1 aliphatic heterocycles. The first-order valence-electron chi connectivity index (χ1n) is 12.9. The van der Waals surface area contributed by atoms with Gasteiger partial charge in [-0.3, -0.25) is 4.79 Å². The highest BCUT2D eigenvalue weighted by molar-refractivity contribution is 5.98. The Morgan fingerprint density at radius 3 is 2.20 bits per heavy atom. The van der Waals surface area contributed by atoms with Gasteiger partial charge in [-0.25, -0.2) is 4.39 Å². The Morgan fingerprint density at radius 2 is 1.59 bits per heavy atom. The molecule has 4 nitrogen and oxygen atoms in total. The fraction of sp³-hybridized carbons (Fsp3) is 0.367. The molecule has 1 N–H and O–H groups in total. The Hall–Kier alpha value is -3.60. The molecule has 1 aliphatic rings. The Balaban J connectivity index is 1.77. The number of amides is 1. The summed E-state index contributed by atoms with van der Waals surface area (Å²) in [6, 6.07) is 16.4. The van der Waals surface area contributed by atoms with Crippen molar-refractivity contribution in [3.8, 4) is 5.75 Å². The first-order valence-corrected chi connectivity index (χ1v) is 12.9. The van der Waals surface area contributed by atoms with E-state index < -0.39 is 58.9 Å². The molecule has 0 aromatic heterocycles. The van der Waals surface area contributed by atoms with Crippen LogP contribution in [-0.2, 0) is 23.0 Å². The van der Waals surface area contributed by atoms with Crippen LogP contribution >= 0.6 is 0 Å². The first-order chi connectivity index (χ1) is 19.1. The Kier molecular flexibility index (Phi) is 8.40. The second-order valence-corrected chi connectivity index (χ2v) is 10.1. The molecule has 3 aromatic rings. The van der Waals surface area contributed by atoms with E-state index in [2.05, 4.69) is 0 Å². The van der Waals surface area contributed by atoms with Crippen molar-refractivity contribution in [3.63, 3.8) is 0 Å². The summed E-state index contributed by atoms with van der Waals surface area (Å²) in [5.41, 5.74) is -4.52. The lowest BCUT2D eigenvalue weighted by Crippen LogP contribution is -2.49. The molecule has 0 spiro atoms. The number of carbonyl (C=O) groups excluding carboxylic acids is 1. The second-order valence-electron chi connectivity index (χ2n) is 10.1. The van der Waals surface area contributed by atoms with Crippen molar-refractivity contribution >= 4 is 11.6 Å². The smallest absolute Gasteiger partial charge is 0.424 e. The number of hydrogen-bond donors (Lipinski definition) is 1. The fourth-order valence-electron chi connectivity index (χ4n) is 5.02. The number of halogens is 7. The average Bonchev–Trinajstić information content (AvgIpc) is 3.10. The third-order valence-corrected chi connectivity index (χ3v) is 7.36. The van der Waals surface area contributed by atoms with Gasteiger partial charge in [-0.05, 0) is 61.6 Å². The Labute approximate surface area is 232 Å². The molecule has 1 amide bonds. The van der Waals surface area contributed by atoms with Gasteiger partial charge in [-0.1, -0.05) is 54.6 Å². The maximum Gasteiger partial charge on any atom is 0.424 e. The molecule has 0 bridgehead atoms. The zero-order valence-electron chi connectivity index (χ0n) is 22.1. The van der Waals surface area contributed by atoms with Crippen LogP contribution in [0.2, 0.25) is 0 Å². The van der Waals surface area contributed by atoms with E-state index in [0.29, 0.717) is 12.5 Å². The summed E-state index contributed by atoms with van der Waals surface area (Å²) >= 11 is 0. The average molecular weight is 584 g/mol. The molecule has 0 saturated carbocycles. The molecule has 4 rings (SSSR count). The normalized spacial score (nSPS) is 19.0. The highest BCUT2D eigenvalue weighted by Crippen LogP contribution is 2.45. The van der Waals surface area contributed by atoms with Crippen LogP contribution in [0, 0.1) is 0 Å². The van der Waals surface area contributed by atoms with Crippen molar-refractivity contribution < 1.29 is 45.4 Å². The third-order valence-electron chi connectivity index (χ3n) is 7.36. The van der Waals surface area contributed by atoms with Crippen LogP contribution in [0.3, 0.4) is 0 Å². The van der Waals surface area contributed by atoms with Gasteiger partial charge in [0.1, 0.15) is 18.0 Å². The number of para-hydroxylation sites is 1. The maximum absolute atomic E-state index is 14.2. The molecule has 3 aromatic carbocycles. The highest BCUT2D eigenvalue weighted by Gasteiger charge is 2.59. The van der Waals surface area contributed by atoms with Crippen LogP contribution in [-0.4, -0.2) is 36.0 Å². The predicted octanol–water partition coefficient (Wildman–Crippen LogP) is 7.34. The molecule has 220 valence electrons. The summed E-state index contributed by atoms with van der Waals surface area (Å²) in [6.45, 7) is 2.04. The molecule has 41 heavy (non-hydrogen) atoms. The zero-order valence-corrected chi connectivity index (χ0v) is 22.1. The number of alkyl halides is 7. The van der Waals surface area contributed by atoms with Gasteiger partial charge < -0.3 is 14.7 Å². The molecule has 11 heteroatoms. The monoisotopic (exact) mass is 583 g/mol. The molecule has 0 radical (unpaired) electrons. The number of carbonyl (C=O) groups is 1. The van der Waals surface area contributed by atoms with E-state index in [0.717, 1.165) is 24.3 Å². The number of anilines is 1. The summed E-state index contributed by atoms with van der Waals surface area (Å²) < 4.78 is 102. The van der Waals surface area contributed by atoms with E-state index in [4.69, 9.17) is 4.74 Å². The van der Waals surface area contributed by atoms with E-state index in [9.17, 15) is 40.6 Å². The molecule has 0 saturated heterocycles. The largest absolute Gasteiger partial charge is 0.488 e. The molecule has 4 atom stereocenters. The minimum atomic E-state index is -5.34. The van der Waals surface area contributed by atoms with Gasteiger partial charge >= 0.3 is 12.4 Å². The van der Waals surface area contributed by atoms with E-state index in [1.807, 2.05) is 0 Å². The summed E-state index contributed by atoms with van der Waals surface area (Å²) in [7, 11) is 0. The van der Waals surface area contributed by atoms with Gasteiger partial charge in [0, 0.05) is 5.69 Å². The highest BCUT2D eigenvalue weighted by atomic mass is 19.4. The van der Waals surface area contributed by atoms with Crippen LogP contribution in [0.4, 0.5) is 36.4 Å². The Morgan fingerprint density at radius 1 is 0.951 bits per heavy atom. The van der Waals surface area contributed by atoms with Gasteiger partial charge in [0.25, 0.3) is 0 Å². The van der Waals surface area contributed by atoms with Crippen molar-refractivity contribution in [2.24, 2.45) is 0 Å². The number of hydrogen-bond acceptors (Lipinski definition) is 3. The van der Waals surface area contributed by atoms with Crippen LogP contribution in [0.1, 0.15) is 48.4 Å². The lowest BCUT2D eigenvalue weighted by atomic mass is 9.87. The van der Waals surface area contributed by atoms with Crippen molar-refractivity contribution in [3.05, 3.63) is 95.1 Å². The summed E-state index contributed by atoms with van der Waals surface area (Å²) in [5.74, 6) is -1.63. The van der Waals surface area contributed by atoms with Gasteiger partial charge in [0.05, 0.1) is 18.0 Å². The lowest BCUT2D eigenvalue weighted by Gasteiger charge is -2.33. The number of aliphatic hydroxyl groups is 1. The number of nitrogens with zero attached hydrogens (tertiary/aromatic N) is 1. The predicted molar refractivity (Wildman–Crippen MR) is 138 cm³/mol. The standard InChI is InChI=1S/C30H28F7NO3/c1-18(20-8-4-3-5-9-20)27(39)38-17-23(41-26-11-7-6-10-24(26)29(32,33)34)14-12-21-16-22(13-15-25(21)38)28(40,19(2)31)30(35,36)37/h3-11,13,15-16,18-19,23,40H,12,14,17H2,1-2H3/t18-,19?,23-,28?/m0/s1. The minimum absolute atomic E-state index is 0.0138. The summed E-state index contributed by atoms with van der Waals surface area (Å²) in [4.78, 5) is 15.1. The SMILES string of the molecule is CC(F)C(O)(c1ccc2c(c1)CC[C@H](Oc1ccccc1C(F)(F)F)CN2C(=O)[C@@H](C)c1ccccc1)C(F)(F)F. The molecule has 2 unspecified atom stereocenters. The van der Waals surface area contributed by atoms with Crippen LogP contribution in [0.15, 0.2) is 72.8 Å². The molecule has 0 aliphatic carbocycles. The van der Waals surface area contributed by atoms with Crippen LogP contribution < -0.4 is 9.64 Å². The van der Waals surface area contributed by atoms with E-state index in [-0.39, 0.29) is 30.6 Å². The number of fused-ring (bicyclic) bond motifs is 1. The summed E-state index contributed by atoms with van der Waals surface area (Å²) in [5, 5.41) is 10.4. The summed E-state index contributed by atoms with van der Waals surface area (Å²) in [6.07, 6.45) is -13.7. The van der Waals surface area contributed by atoms with Crippen molar-refractivity contribution in [2.75, 3.05) is 11.4 Å². The molecule has 1 heterocycles. The van der Waals surface area contributed by atoms with Crippen molar-refractivity contribution in [2.45, 2.75) is 62.8 Å². The van der Waals surface area contributed by atoms with E-state index in [1.165, 1.54) is 23.1 Å². The molecular formula is C30H28F7NO3. The van der Waals surface area contributed by atoms with Gasteiger partial charge in [-0.2, -0.15) is 26.3 Å². The van der Waals surface area contributed by atoms with Crippen molar-refractivity contribution in [1.82, 2.24) is 0 Å². The number of ether oxygens (including phenoxy) is 1. The van der Waals surface area contributed by atoms with E-state index in [1.54, 1.807) is 37.3 Å². The Bertz CT molecular complexity index is 1370. The quantitative estimate of drug-likeness (QED) is 0.309. The van der Waals surface area contributed by atoms with E-state index >= 15 is 0 Å². The fourth-order valence-corrected chi connectivity index (χ4v) is 5.02. The first kappa shape index (κ1) is 30.4. The number of benzene rings is 3. The molecule has 0 fully saturated rings. The zero-order chi connectivity index (χ0) is 30.2. The molecular weight excluding hydrogens is 555 g/mol. The second kappa shape index (κ2) is 11.3. The lowest BCUT2D eigenvalue weighted by molar-refractivity contribution is -0.285. The third kappa shape index (κ3) is 6.05. The number of rotatable bonds is 6. The maximum atomic E-state index is 14.2. The van der Waals surface area contributed by atoms with Gasteiger partial charge in [-0.15, -0.1) is 0 Å². The topological polar surface area (TPSA) is 49.8 Å². The minimum Gasteiger partial charge on any atom is -0.488 e. The van der Waals surface area contributed by atoms with Gasteiger partial charge in [0.15, 0.2) is 0 Å².